The summed E-state index contributed by atoms with van der Waals surface area (Å²) in [5.41, 5.74) is 4.30. The van der Waals surface area contributed by atoms with Crippen molar-refractivity contribution in [2.45, 2.75) is 45.1 Å². The summed E-state index contributed by atoms with van der Waals surface area (Å²) in [5, 5.41) is 5.83. The van der Waals surface area contributed by atoms with Crippen molar-refractivity contribution in [3.05, 3.63) is 102 Å². The zero-order valence-corrected chi connectivity index (χ0v) is 20.5. The number of nitrogens with one attached hydrogen (secondary N) is 2. The number of anilines is 1. The third-order valence-electron chi connectivity index (χ3n) is 6.80. The molecule has 0 aliphatic carbocycles. The molecule has 4 rings (SSSR count). The van der Waals surface area contributed by atoms with Gasteiger partial charge in [-0.3, -0.25) is 4.79 Å². The second-order valence-corrected chi connectivity index (χ2v) is 9.35. The number of nitrogens with zero attached hydrogens (tertiary/aromatic N) is 1. The number of carbonyl (C=O) groups excluding carboxylic acids is 2. The lowest BCUT2D eigenvalue weighted by atomic mass is 9.90. The minimum atomic E-state index is -0.613. The van der Waals surface area contributed by atoms with E-state index in [1.54, 1.807) is 0 Å². The highest BCUT2D eigenvalue weighted by molar-refractivity contribution is 5.93. The molecule has 0 aromatic heterocycles. The van der Waals surface area contributed by atoms with E-state index in [0.717, 1.165) is 44.3 Å². The third-order valence-corrected chi connectivity index (χ3v) is 6.80. The predicted molar refractivity (Wildman–Crippen MR) is 141 cm³/mol. The highest BCUT2D eigenvalue weighted by Crippen LogP contribution is 2.22. The lowest BCUT2D eigenvalue weighted by molar-refractivity contribution is -0.134. The first-order valence-electron chi connectivity index (χ1n) is 12.6. The van der Waals surface area contributed by atoms with Crippen LogP contribution in [0.1, 0.15) is 36.5 Å². The van der Waals surface area contributed by atoms with Crippen LogP contribution in [-0.4, -0.2) is 36.0 Å². The predicted octanol–water partition coefficient (Wildman–Crippen LogP) is 5.46. The Hall–Kier alpha value is -3.60. The second-order valence-electron chi connectivity index (χ2n) is 9.35. The Balaban J connectivity index is 1.38. The number of hydrogen-bond acceptors (Lipinski definition) is 2. The summed E-state index contributed by atoms with van der Waals surface area (Å²) < 4.78 is 0. The molecule has 0 saturated carbocycles. The Labute approximate surface area is 208 Å². The lowest BCUT2D eigenvalue weighted by Gasteiger charge is -2.34. The summed E-state index contributed by atoms with van der Waals surface area (Å²) in [6.07, 6.45) is 4.42. The van der Waals surface area contributed by atoms with Crippen molar-refractivity contribution in [2.24, 2.45) is 5.92 Å². The molecule has 0 bridgehead atoms. The van der Waals surface area contributed by atoms with Crippen LogP contribution in [0, 0.1) is 5.92 Å². The molecule has 1 heterocycles. The largest absolute Gasteiger partial charge is 0.341 e. The number of piperidine rings is 1. The summed E-state index contributed by atoms with van der Waals surface area (Å²) in [6.45, 7) is 3.55. The molecule has 1 saturated heterocycles. The first kappa shape index (κ1) is 24.5. The zero-order valence-electron chi connectivity index (χ0n) is 20.5. The average Bonchev–Trinajstić information content (AvgIpc) is 2.90. The molecule has 3 aromatic rings. The van der Waals surface area contributed by atoms with Crippen molar-refractivity contribution in [2.75, 3.05) is 18.4 Å². The summed E-state index contributed by atoms with van der Waals surface area (Å²) in [4.78, 5) is 28.3. The highest BCUT2D eigenvalue weighted by Gasteiger charge is 2.29. The van der Waals surface area contributed by atoms with Gasteiger partial charge in [0.2, 0.25) is 5.91 Å². The molecule has 1 fully saturated rings. The van der Waals surface area contributed by atoms with Crippen LogP contribution in [0.15, 0.2) is 84.9 Å². The summed E-state index contributed by atoms with van der Waals surface area (Å²) in [6, 6.07) is 27.2. The molecule has 3 aromatic carbocycles. The van der Waals surface area contributed by atoms with Crippen molar-refractivity contribution in [1.82, 2.24) is 10.2 Å². The van der Waals surface area contributed by atoms with Gasteiger partial charge in [0.05, 0.1) is 0 Å². The smallest absolute Gasteiger partial charge is 0.319 e. The van der Waals surface area contributed by atoms with Crippen LogP contribution in [0.2, 0.25) is 0 Å². The van der Waals surface area contributed by atoms with Gasteiger partial charge in [-0.25, -0.2) is 4.79 Å². The number of amides is 3. The molecule has 2 N–H and O–H groups in total. The van der Waals surface area contributed by atoms with Gasteiger partial charge < -0.3 is 15.5 Å². The number of rotatable bonds is 8. The van der Waals surface area contributed by atoms with Crippen LogP contribution >= 0.6 is 0 Å². The molecule has 1 unspecified atom stereocenters. The van der Waals surface area contributed by atoms with Crippen LogP contribution in [0.3, 0.4) is 0 Å². The van der Waals surface area contributed by atoms with Crippen molar-refractivity contribution >= 4 is 17.6 Å². The Morgan fingerprint density at radius 1 is 0.829 bits per heavy atom. The maximum absolute atomic E-state index is 13.5. The van der Waals surface area contributed by atoms with Gasteiger partial charge in [0.1, 0.15) is 6.04 Å². The molecule has 35 heavy (non-hydrogen) atoms. The van der Waals surface area contributed by atoms with Crippen LogP contribution in [0.25, 0.3) is 0 Å². The van der Waals surface area contributed by atoms with E-state index in [9.17, 15) is 9.59 Å². The van der Waals surface area contributed by atoms with E-state index in [1.165, 1.54) is 11.1 Å². The Bertz CT molecular complexity index is 1080. The van der Waals surface area contributed by atoms with Gasteiger partial charge in [0.15, 0.2) is 0 Å². The molecule has 5 nitrogen and oxygen atoms in total. The van der Waals surface area contributed by atoms with Gasteiger partial charge in [-0.05, 0) is 60.4 Å². The number of hydrogen-bond donors (Lipinski definition) is 2. The fraction of sp³-hybridized carbons (Fsp3) is 0.333. The van der Waals surface area contributed by atoms with Crippen LogP contribution < -0.4 is 10.6 Å². The zero-order chi connectivity index (χ0) is 24.5. The Morgan fingerprint density at radius 3 is 2.03 bits per heavy atom. The number of urea groups is 1. The molecule has 1 atom stereocenters. The Kier molecular flexibility index (Phi) is 8.55. The van der Waals surface area contributed by atoms with Crippen molar-refractivity contribution in [3.8, 4) is 0 Å². The second kappa shape index (κ2) is 12.2. The number of aryl methyl sites for hydroxylation is 1. The van der Waals surface area contributed by atoms with Gasteiger partial charge in [-0.1, -0.05) is 79.7 Å². The highest BCUT2D eigenvalue weighted by atomic mass is 16.2. The molecule has 182 valence electrons. The van der Waals surface area contributed by atoms with E-state index in [2.05, 4.69) is 41.8 Å². The van der Waals surface area contributed by atoms with E-state index in [1.807, 2.05) is 65.6 Å². The van der Waals surface area contributed by atoms with E-state index in [0.29, 0.717) is 18.0 Å². The van der Waals surface area contributed by atoms with Crippen molar-refractivity contribution in [3.63, 3.8) is 0 Å². The fourth-order valence-corrected chi connectivity index (χ4v) is 4.72. The van der Waals surface area contributed by atoms with E-state index >= 15 is 0 Å². The molecule has 1 aliphatic rings. The number of carbonyl (C=O) groups is 2. The maximum Gasteiger partial charge on any atom is 0.319 e. The maximum atomic E-state index is 13.5. The molecular formula is C30H35N3O2. The topological polar surface area (TPSA) is 61.4 Å². The SMILES string of the molecule is CCc1ccc(NC(=O)NC(Cc2ccccc2)C(=O)N2CCC(Cc3ccccc3)CC2)cc1. The standard InChI is InChI=1S/C30H35N3O2/c1-2-23-13-15-27(16-14-23)31-30(35)32-28(22-25-11-7-4-8-12-25)29(34)33-19-17-26(18-20-33)21-24-9-5-3-6-10-24/h3-16,26,28H,2,17-22H2,1H3,(H2,31,32,35). The van der Waals surface area contributed by atoms with Crippen molar-refractivity contribution < 1.29 is 9.59 Å². The minimum absolute atomic E-state index is 0.0107. The first-order valence-corrected chi connectivity index (χ1v) is 12.6. The van der Waals surface area contributed by atoms with Gasteiger partial charge >= 0.3 is 6.03 Å². The van der Waals surface area contributed by atoms with E-state index < -0.39 is 6.04 Å². The molecule has 1 aliphatic heterocycles. The quantitative estimate of drug-likeness (QED) is 0.460. The van der Waals surface area contributed by atoms with E-state index in [4.69, 9.17) is 0 Å². The molecular weight excluding hydrogens is 434 g/mol. The number of benzene rings is 3. The van der Waals surface area contributed by atoms with Crippen LogP contribution in [0.5, 0.6) is 0 Å². The molecule has 0 radical (unpaired) electrons. The van der Waals surface area contributed by atoms with Gasteiger partial charge in [0, 0.05) is 25.2 Å². The van der Waals surface area contributed by atoms with Crippen LogP contribution in [-0.2, 0) is 24.1 Å². The Morgan fingerprint density at radius 2 is 1.43 bits per heavy atom. The summed E-state index contributed by atoms with van der Waals surface area (Å²) >= 11 is 0. The van der Waals surface area contributed by atoms with Crippen molar-refractivity contribution in [1.29, 1.82) is 0 Å². The summed E-state index contributed by atoms with van der Waals surface area (Å²) in [5.74, 6) is 0.569. The normalized spacial score (nSPS) is 14.8. The molecule has 3 amide bonds. The monoisotopic (exact) mass is 469 g/mol. The summed E-state index contributed by atoms with van der Waals surface area (Å²) in [7, 11) is 0. The molecule has 0 spiro atoms. The first-order chi connectivity index (χ1) is 17.1. The van der Waals surface area contributed by atoms with E-state index in [-0.39, 0.29) is 11.9 Å². The number of likely N-dealkylation sites (tertiary alicyclic amines) is 1. The van der Waals surface area contributed by atoms with Gasteiger partial charge in [-0.15, -0.1) is 0 Å². The lowest BCUT2D eigenvalue weighted by Crippen LogP contribution is -2.52. The van der Waals surface area contributed by atoms with Crippen LogP contribution in [0.4, 0.5) is 10.5 Å². The van der Waals surface area contributed by atoms with Gasteiger partial charge in [0.25, 0.3) is 0 Å². The van der Waals surface area contributed by atoms with Gasteiger partial charge in [-0.2, -0.15) is 0 Å². The molecule has 5 heteroatoms. The minimum Gasteiger partial charge on any atom is -0.341 e. The third kappa shape index (κ3) is 7.19. The average molecular weight is 470 g/mol. The fourth-order valence-electron chi connectivity index (χ4n) is 4.72.